The number of carbonyl (C=O) groups excluding carboxylic acids is 1. The molecule has 0 saturated carbocycles. The first kappa shape index (κ1) is 12.8. The van der Waals surface area contributed by atoms with Gasteiger partial charge >= 0.3 is 0 Å². The third-order valence-electron chi connectivity index (χ3n) is 2.53. The van der Waals surface area contributed by atoms with Crippen molar-refractivity contribution in [1.29, 1.82) is 0 Å². The van der Waals surface area contributed by atoms with Crippen molar-refractivity contribution >= 4 is 5.78 Å². The molecule has 0 aliphatic rings. The maximum atomic E-state index is 13.2. The van der Waals surface area contributed by atoms with Crippen LogP contribution in [-0.4, -0.2) is 18.9 Å². The van der Waals surface area contributed by atoms with Crippen LogP contribution in [0.2, 0.25) is 0 Å². The molecule has 16 heavy (non-hydrogen) atoms. The molecular weight excluding hydrogens is 212 g/mol. The molecule has 0 saturated heterocycles. The van der Waals surface area contributed by atoms with Gasteiger partial charge in [-0.25, -0.2) is 8.78 Å². The normalized spacial score (nSPS) is 12.5. The van der Waals surface area contributed by atoms with E-state index in [1.54, 1.807) is 7.05 Å². The lowest BCUT2D eigenvalue weighted by molar-refractivity contribution is 0.0973. The highest BCUT2D eigenvalue weighted by molar-refractivity contribution is 5.96. The van der Waals surface area contributed by atoms with Gasteiger partial charge in [-0.1, -0.05) is 0 Å². The van der Waals surface area contributed by atoms with E-state index >= 15 is 0 Å². The van der Waals surface area contributed by atoms with E-state index in [0.717, 1.165) is 12.1 Å². The van der Waals surface area contributed by atoms with Crippen molar-refractivity contribution in [3.8, 4) is 0 Å². The quantitative estimate of drug-likeness (QED) is 0.783. The summed E-state index contributed by atoms with van der Waals surface area (Å²) in [7, 11) is 1.80. The Balaban J connectivity index is 2.66. The van der Waals surface area contributed by atoms with Crippen LogP contribution >= 0.6 is 0 Å². The molecule has 0 aliphatic carbocycles. The summed E-state index contributed by atoms with van der Waals surface area (Å²) in [5.74, 6) is -1.75. The van der Waals surface area contributed by atoms with Crippen LogP contribution in [0.15, 0.2) is 18.2 Å². The van der Waals surface area contributed by atoms with Gasteiger partial charge in [0.15, 0.2) is 5.78 Å². The maximum Gasteiger partial charge on any atom is 0.165 e. The predicted octanol–water partition coefficient (Wildman–Crippen LogP) is 2.54. The van der Waals surface area contributed by atoms with Gasteiger partial charge in [-0.15, -0.1) is 0 Å². The highest BCUT2D eigenvalue weighted by Gasteiger charge is 2.13. The van der Waals surface area contributed by atoms with Crippen molar-refractivity contribution in [1.82, 2.24) is 5.32 Å². The Kier molecular flexibility index (Phi) is 4.55. The number of hydrogen-bond donors (Lipinski definition) is 1. The van der Waals surface area contributed by atoms with Crippen LogP contribution in [0.1, 0.15) is 30.1 Å². The molecular formula is C12H15F2NO. The minimum Gasteiger partial charge on any atom is -0.317 e. The van der Waals surface area contributed by atoms with Crippen molar-refractivity contribution in [3.05, 3.63) is 35.4 Å². The monoisotopic (exact) mass is 227 g/mol. The van der Waals surface area contributed by atoms with Gasteiger partial charge in [0.1, 0.15) is 11.6 Å². The molecule has 0 spiro atoms. The number of hydrogen-bond acceptors (Lipinski definition) is 2. The zero-order valence-corrected chi connectivity index (χ0v) is 9.39. The largest absolute Gasteiger partial charge is 0.317 e. The standard InChI is InChI=1S/C12H15F2NO/c1-8(15-2)3-6-12(16)10-5-4-9(13)7-11(10)14/h4-5,7-8,15H,3,6H2,1-2H3/t8-/m0/s1. The highest BCUT2D eigenvalue weighted by Crippen LogP contribution is 2.13. The summed E-state index contributed by atoms with van der Waals surface area (Å²) in [6, 6.07) is 3.22. The number of ketones is 1. The van der Waals surface area contributed by atoms with Crippen LogP contribution < -0.4 is 5.32 Å². The SMILES string of the molecule is CN[C@@H](C)CCC(=O)c1ccc(F)cc1F. The molecule has 0 bridgehead atoms. The molecule has 88 valence electrons. The van der Waals surface area contributed by atoms with Gasteiger partial charge in [0.25, 0.3) is 0 Å². The number of benzene rings is 1. The van der Waals surface area contributed by atoms with E-state index in [4.69, 9.17) is 0 Å². The zero-order chi connectivity index (χ0) is 12.1. The molecule has 0 radical (unpaired) electrons. The minimum atomic E-state index is -0.790. The Morgan fingerprint density at radius 3 is 2.69 bits per heavy atom. The molecule has 0 fully saturated rings. The average molecular weight is 227 g/mol. The number of nitrogens with one attached hydrogen (secondary N) is 1. The molecule has 1 atom stereocenters. The van der Waals surface area contributed by atoms with Gasteiger partial charge in [0.05, 0.1) is 5.56 Å². The van der Waals surface area contributed by atoms with E-state index in [-0.39, 0.29) is 23.8 Å². The molecule has 1 N–H and O–H groups in total. The number of Topliss-reactive ketones (excluding diaryl/α,β-unsaturated/α-hetero) is 1. The Morgan fingerprint density at radius 2 is 2.12 bits per heavy atom. The maximum absolute atomic E-state index is 13.2. The average Bonchev–Trinajstić information content (AvgIpc) is 2.25. The van der Waals surface area contributed by atoms with E-state index in [2.05, 4.69) is 5.32 Å². The van der Waals surface area contributed by atoms with Gasteiger partial charge in [0, 0.05) is 18.5 Å². The second-order valence-corrected chi connectivity index (χ2v) is 3.78. The lowest BCUT2D eigenvalue weighted by Gasteiger charge is -2.09. The first-order valence-electron chi connectivity index (χ1n) is 5.20. The molecule has 0 heterocycles. The first-order chi connectivity index (χ1) is 7.54. The lowest BCUT2D eigenvalue weighted by Crippen LogP contribution is -2.22. The van der Waals surface area contributed by atoms with Crippen LogP contribution in [0.3, 0.4) is 0 Å². The predicted molar refractivity (Wildman–Crippen MR) is 58.4 cm³/mol. The van der Waals surface area contributed by atoms with Crippen molar-refractivity contribution in [2.75, 3.05) is 7.05 Å². The van der Waals surface area contributed by atoms with E-state index in [0.29, 0.717) is 6.42 Å². The first-order valence-corrected chi connectivity index (χ1v) is 5.20. The van der Waals surface area contributed by atoms with Crippen LogP contribution in [0.4, 0.5) is 8.78 Å². The van der Waals surface area contributed by atoms with Gasteiger partial charge in [-0.2, -0.15) is 0 Å². The molecule has 1 rings (SSSR count). The van der Waals surface area contributed by atoms with Gasteiger partial charge in [0.2, 0.25) is 0 Å². The summed E-state index contributed by atoms with van der Waals surface area (Å²) in [6.07, 6.45) is 0.886. The van der Waals surface area contributed by atoms with Crippen molar-refractivity contribution in [2.45, 2.75) is 25.8 Å². The lowest BCUT2D eigenvalue weighted by atomic mass is 10.0. The van der Waals surface area contributed by atoms with Crippen LogP contribution in [-0.2, 0) is 0 Å². The number of rotatable bonds is 5. The molecule has 4 heteroatoms. The third kappa shape index (κ3) is 3.38. The van der Waals surface area contributed by atoms with Crippen LogP contribution in [0.5, 0.6) is 0 Å². The number of carbonyl (C=O) groups is 1. The topological polar surface area (TPSA) is 29.1 Å². The van der Waals surface area contributed by atoms with Crippen molar-refractivity contribution in [2.24, 2.45) is 0 Å². The third-order valence-corrected chi connectivity index (χ3v) is 2.53. The molecule has 1 aromatic carbocycles. The molecule has 1 aromatic rings. The molecule has 0 aliphatic heterocycles. The summed E-state index contributed by atoms with van der Waals surface area (Å²) in [6.45, 7) is 1.94. The molecule has 0 aromatic heterocycles. The molecule has 0 unspecified atom stereocenters. The van der Waals surface area contributed by atoms with Crippen LogP contribution in [0.25, 0.3) is 0 Å². The Bertz CT molecular complexity index is 379. The summed E-state index contributed by atoms with van der Waals surface area (Å²) < 4.78 is 25.8. The minimum absolute atomic E-state index is 0.0373. The van der Waals surface area contributed by atoms with Gasteiger partial charge in [-0.05, 0) is 32.5 Å². The van der Waals surface area contributed by atoms with E-state index < -0.39 is 11.6 Å². The fourth-order valence-corrected chi connectivity index (χ4v) is 1.34. The van der Waals surface area contributed by atoms with E-state index in [1.807, 2.05) is 6.92 Å². The number of halogens is 2. The second kappa shape index (κ2) is 5.70. The smallest absolute Gasteiger partial charge is 0.165 e. The van der Waals surface area contributed by atoms with Gasteiger partial charge < -0.3 is 5.32 Å². The Morgan fingerprint density at radius 1 is 1.44 bits per heavy atom. The van der Waals surface area contributed by atoms with Crippen molar-refractivity contribution in [3.63, 3.8) is 0 Å². The fourth-order valence-electron chi connectivity index (χ4n) is 1.34. The zero-order valence-electron chi connectivity index (χ0n) is 9.39. The molecule has 0 amide bonds. The van der Waals surface area contributed by atoms with E-state index in [9.17, 15) is 13.6 Å². The Hall–Kier alpha value is -1.29. The highest BCUT2D eigenvalue weighted by atomic mass is 19.1. The summed E-state index contributed by atoms with van der Waals surface area (Å²) >= 11 is 0. The van der Waals surface area contributed by atoms with Crippen molar-refractivity contribution < 1.29 is 13.6 Å². The van der Waals surface area contributed by atoms with E-state index in [1.165, 1.54) is 6.07 Å². The second-order valence-electron chi connectivity index (χ2n) is 3.78. The van der Waals surface area contributed by atoms with Crippen LogP contribution in [0, 0.1) is 11.6 Å². The Labute approximate surface area is 93.7 Å². The fraction of sp³-hybridized carbons (Fsp3) is 0.417. The molecule has 2 nitrogen and oxygen atoms in total. The van der Waals surface area contributed by atoms with Gasteiger partial charge in [-0.3, -0.25) is 4.79 Å². The summed E-state index contributed by atoms with van der Waals surface area (Å²) in [4.78, 5) is 11.6. The summed E-state index contributed by atoms with van der Waals surface area (Å²) in [5.41, 5.74) is -0.0373. The summed E-state index contributed by atoms with van der Waals surface area (Å²) in [5, 5.41) is 2.99.